The Morgan fingerprint density at radius 2 is 1.56 bits per heavy atom. The van der Waals surface area contributed by atoms with E-state index >= 15 is 0 Å². The van der Waals surface area contributed by atoms with E-state index in [9.17, 15) is 13.2 Å². The first-order chi connectivity index (χ1) is 18.8. The zero-order chi connectivity index (χ0) is 27.7. The quantitative estimate of drug-likeness (QED) is 0.411. The van der Waals surface area contributed by atoms with Gasteiger partial charge in [-0.2, -0.15) is 0 Å². The smallest absolute Gasteiger partial charge is 0.317 e. The van der Waals surface area contributed by atoms with Gasteiger partial charge in [-0.25, -0.2) is 13.2 Å². The van der Waals surface area contributed by atoms with Crippen molar-refractivity contribution in [3.05, 3.63) is 54.1 Å². The Kier molecular flexibility index (Phi) is 10.5. The number of sulfonamides is 1. The predicted octanol–water partition coefficient (Wildman–Crippen LogP) is 4.81. The summed E-state index contributed by atoms with van der Waals surface area (Å²) in [6.07, 6.45) is 8.87. The number of nitrogens with one attached hydrogen (secondary N) is 2. The summed E-state index contributed by atoms with van der Waals surface area (Å²) in [4.78, 5) is 17.6. The van der Waals surface area contributed by atoms with Gasteiger partial charge in [-0.1, -0.05) is 31.4 Å². The molecule has 2 fully saturated rings. The summed E-state index contributed by atoms with van der Waals surface area (Å²) in [6, 6.07) is 15.5. The van der Waals surface area contributed by atoms with Gasteiger partial charge < -0.3 is 19.7 Å². The Labute approximate surface area is 232 Å². The molecule has 0 bridgehead atoms. The first kappa shape index (κ1) is 29.2. The van der Waals surface area contributed by atoms with Gasteiger partial charge in [0, 0.05) is 51.1 Å². The molecule has 1 aliphatic carbocycles. The topological polar surface area (TPSA) is 100 Å². The summed E-state index contributed by atoms with van der Waals surface area (Å²) >= 11 is 0. The summed E-state index contributed by atoms with van der Waals surface area (Å²) < 4.78 is 36.4. The highest BCUT2D eigenvalue weighted by molar-refractivity contribution is 7.92. The van der Waals surface area contributed by atoms with E-state index in [-0.39, 0.29) is 12.1 Å². The van der Waals surface area contributed by atoms with Gasteiger partial charge in [0.1, 0.15) is 11.5 Å². The van der Waals surface area contributed by atoms with E-state index in [0.29, 0.717) is 30.6 Å². The molecule has 9 nitrogen and oxygen atoms in total. The maximum absolute atomic E-state index is 13.1. The second-order valence-electron chi connectivity index (χ2n) is 10.6. The second-order valence-corrected chi connectivity index (χ2v) is 12.4. The van der Waals surface area contributed by atoms with E-state index in [4.69, 9.17) is 9.47 Å². The number of ether oxygens (including phenoxy) is 2. The first-order valence-corrected chi connectivity index (χ1v) is 15.8. The number of carbonyl (C=O) groups excluding carboxylic acids is 1. The largest absolute Gasteiger partial charge is 0.457 e. The second kappa shape index (κ2) is 14.0. The fourth-order valence-corrected chi connectivity index (χ4v) is 5.96. The van der Waals surface area contributed by atoms with E-state index in [1.54, 1.807) is 31.4 Å². The van der Waals surface area contributed by atoms with Gasteiger partial charge in [0.25, 0.3) is 0 Å². The molecule has 1 aliphatic heterocycles. The predicted molar refractivity (Wildman–Crippen MR) is 154 cm³/mol. The van der Waals surface area contributed by atoms with Gasteiger partial charge in [-0.3, -0.25) is 9.62 Å². The molecule has 2 amide bonds. The molecule has 2 aliphatic rings. The van der Waals surface area contributed by atoms with Crippen LogP contribution in [-0.2, 0) is 21.3 Å². The van der Waals surface area contributed by atoms with Crippen molar-refractivity contribution in [2.24, 2.45) is 0 Å². The monoisotopic (exact) mass is 558 g/mol. The molecule has 1 saturated carbocycles. The average molecular weight is 559 g/mol. The van der Waals surface area contributed by atoms with Gasteiger partial charge in [0.2, 0.25) is 10.0 Å². The van der Waals surface area contributed by atoms with Crippen molar-refractivity contribution in [2.45, 2.75) is 63.6 Å². The molecule has 2 aromatic carbocycles. The van der Waals surface area contributed by atoms with Gasteiger partial charge >= 0.3 is 6.03 Å². The van der Waals surface area contributed by atoms with Crippen LogP contribution in [0.4, 0.5) is 10.5 Å². The van der Waals surface area contributed by atoms with E-state index in [2.05, 4.69) is 27.1 Å². The van der Waals surface area contributed by atoms with E-state index < -0.39 is 10.0 Å². The maximum atomic E-state index is 13.1. The number of carbonyl (C=O) groups is 1. The third-order valence-corrected chi connectivity index (χ3v) is 8.06. The number of hydrogen-bond acceptors (Lipinski definition) is 6. The standard InChI is InChI=1S/C29H42N4O5S/c1-37-21-20-33(29(34)30-24-6-4-3-5-7-24)26-16-18-32(19-17-26)22-23-8-12-27(13-9-23)38-28-14-10-25(11-15-28)31-39(2,35)36/h8-15,24,26,31H,3-7,16-22H2,1-2H3,(H,30,34). The number of methoxy groups -OCH3 is 1. The van der Waals surface area contributed by atoms with Crippen molar-refractivity contribution >= 4 is 21.7 Å². The van der Waals surface area contributed by atoms with Crippen molar-refractivity contribution in [3.63, 3.8) is 0 Å². The molecule has 0 spiro atoms. The van der Waals surface area contributed by atoms with Crippen molar-refractivity contribution < 1.29 is 22.7 Å². The molecular formula is C29H42N4O5S. The van der Waals surface area contributed by atoms with Crippen LogP contribution in [0.5, 0.6) is 11.5 Å². The minimum Gasteiger partial charge on any atom is -0.457 e. The molecule has 0 aromatic heterocycles. The number of anilines is 1. The zero-order valence-corrected chi connectivity index (χ0v) is 23.9. The number of rotatable bonds is 11. The molecule has 1 saturated heterocycles. The van der Waals surface area contributed by atoms with Gasteiger partial charge in [0.05, 0.1) is 12.9 Å². The fourth-order valence-electron chi connectivity index (χ4n) is 5.40. The minimum absolute atomic E-state index is 0.0642. The molecule has 2 aromatic rings. The minimum atomic E-state index is -3.31. The number of nitrogens with zero attached hydrogens (tertiary/aromatic N) is 2. The maximum Gasteiger partial charge on any atom is 0.317 e. The normalized spacial score (nSPS) is 17.5. The molecule has 214 valence electrons. The van der Waals surface area contributed by atoms with Crippen LogP contribution < -0.4 is 14.8 Å². The van der Waals surface area contributed by atoms with Gasteiger partial charge in [-0.15, -0.1) is 0 Å². The highest BCUT2D eigenvalue weighted by Gasteiger charge is 2.29. The Balaban J connectivity index is 1.25. The molecular weight excluding hydrogens is 516 g/mol. The highest BCUT2D eigenvalue weighted by atomic mass is 32.2. The van der Waals surface area contributed by atoms with Crippen LogP contribution in [0.3, 0.4) is 0 Å². The summed E-state index contributed by atoms with van der Waals surface area (Å²) in [7, 11) is -1.62. The summed E-state index contributed by atoms with van der Waals surface area (Å²) in [5, 5.41) is 3.29. The zero-order valence-electron chi connectivity index (χ0n) is 23.1. The lowest BCUT2D eigenvalue weighted by Gasteiger charge is -2.39. The molecule has 1 heterocycles. The van der Waals surface area contributed by atoms with Crippen LogP contribution in [0.15, 0.2) is 48.5 Å². The van der Waals surface area contributed by atoms with Gasteiger partial charge in [0.15, 0.2) is 0 Å². The number of likely N-dealkylation sites (tertiary alicyclic amines) is 1. The molecule has 0 unspecified atom stereocenters. The van der Waals surface area contributed by atoms with Crippen LogP contribution in [-0.4, -0.2) is 75.9 Å². The third kappa shape index (κ3) is 9.40. The van der Waals surface area contributed by atoms with Crippen LogP contribution >= 0.6 is 0 Å². The van der Waals surface area contributed by atoms with Crippen molar-refractivity contribution in [1.82, 2.24) is 15.1 Å². The number of amides is 2. The Bertz CT molecular complexity index is 1140. The first-order valence-electron chi connectivity index (χ1n) is 13.9. The Hall–Kier alpha value is -2.82. The average Bonchev–Trinajstić information content (AvgIpc) is 2.92. The molecule has 39 heavy (non-hydrogen) atoms. The van der Waals surface area contributed by atoms with E-state index in [1.807, 2.05) is 17.0 Å². The van der Waals surface area contributed by atoms with Crippen LogP contribution in [0.1, 0.15) is 50.5 Å². The summed E-state index contributed by atoms with van der Waals surface area (Å²) in [5.41, 5.74) is 1.70. The van der Waals surface area contributed by atoms with E-state index in [0.717, 1.165) is 57.3 Å². The van der Waals surface area contributed by atoms with Crippen molar-refractivity contribution in [3.8, 4) is 11.5 Å². The van der Waals surface area contributed by atoms with E-state index in [1.165, 1.54) is 24.8 Å². The number of hydrogen-bond donors (Lipinski definition) is 2. The molecule has 2 N–H and O–H groups in total. The van der Waals surface area contributed by atoms with Crippen molar-refractivity contribution in [2.75, 3.05) is 44.3 Å². The van der Waals surface area contributed by atoms with Crippen molar-refractivity contribution in [1.29, 1.82) is 0 Å². The fraction of sp³-hybridized carbons (Fsp3) is 0.552. The summed E-state index contributed by atoms with van der Waals surface area (Å²) in [6.45, 7) is 3.91. The van der Waals surface area contributed by atoms with Crippen LogP contribution in [0, 0.1) is 0 Å². The molecule has 10 heteroatoms. The Morgan fingerprint density at radius 3 is 2.15 bits per heavy atom. The lowest BCUT2D eigenvalue weighted by Crippen LogP contribution is -2.53. The number of piperidine rings is 1. The van der Waals surface area contributed by atoms with Crippen LogP contribution in [0.2, 0.25) is 0 Å². The number of urea groups is 1. The molecule has 0 radical (unpaired) electrons. The van der Waals surface area contributed by atoms with Crippen LogP contribution in [0.25, 0.3) is 0 Å². The molecule has 0 atom stereocenters. The third-order valence-electron chi connectivity index (χ3n) is 7.45. The lowest BCUT2D eigenvalue weighted by molar-refractivity contribution is 0.0910. The Morgan fingerprint density at radius 1 is 0.949 bits per heavy atom. The summed E-state index contributed by atoms with van der Waals surface area (Å²) in [5.74, 6) is 1.36. The number of benzene rings is 2. The lowest BCUT2D eigenvalue weighted by atomic mass is 9.95. The molecule has 4 rings (SSSR count). The highest BCUT2D eigenvalue weighted by Crippen LogP contribution is 2.25. The van der Waals surface area contributed by atoms with Gasteiger partial charge in [-0.05, 0) is 67.6 Å². The SMILES string of the molecule is COCCN(C(=O)NC1CCCCC1)C1CCN(Cc2ccc(Oc3ccc(NS(C)(=O)=O)cc3)cc2)CC1.